The molecule has 0 unspecified atom stereocenters. The van der Waals surface area contributed by atoms with Gasteiger partial charge in [0.2, 0.25) is 0 Å². The quantitative estimate of drug-likeness (QED) is 0.739. The zero-order valence-electron chi connectivity index (χ0n) is 9.90. The van der Waals surface area contributed by atoms with E-state index in [1.165, 1.54) is 0 Å². The van der Waals surface area contributed by atoms with Crippen LogP contribution in [0.25, 0.3) is 0 Å². The van der Waals surface area contributed by atoms with Crippen molar-refractivity contribution in [3.63, 3.8) is 0 Å². The summed E-state index contributed by atoms with van der Waals surface area (Å²) in [5.74, 6) is -0.988. The average molecular weight is 235 g/mol. The standard InChI is InChI=1S/C13H17NO3/c1-2-10-5-3-6-11(9-10)13(17)14-8-4-7-12(15)16/h3,5-6,9H,2,4,7-8H2,1H3,(H,14,17)(H,15,16). The zero-order chi connectivity index (χ0) is 12.7. The molecule has 1 rings (SSSR count). The van der Waals surface area contributed by atoms with Gasteiger partial charge in [0.05, 0.1) is 0 Å². The van der Waals surface area contributed by atoms with E-state index in [0.29, 0.717) is 18.5 Å². The molecular formula is C13H17NO3. The van der Waals surface area contributed by atoms with E-state index in [1.54, 1.807) is 6.07 Å². The number of aryl methyl sites for hydroxylation is 1. The third kappa shape index (κ3) is 4.68. The Balaban J connectivity index is 2.43. The van der Waals surface area contributed by atoms with E-state index in [1.807, 2.05) is 25.1 Å². The van der Waals surface area contributed by atoms with E-state index in [0.717, 1.165) is 12.0 Å². The minimum atomic E-state index is -0.841. The van der Waals surface area contributed by atoms with Crippen molar-refractivity contribution in [1.82, 2.24) is 5.32 Å². The van der Waals surface area contributed by atoms with Crippen LogP contribution >= 0.6 is 0 Å². The summed E-state index contributed by atoms with van der Waals surface area (Å²) in [5.41, 5.74) is 1.74. The van der Waals surface area contributed by atoms with Crippen LogP contribution in [0.15, 0.2) is 24.3 Å². The topological polar surface area (TPSA) is 66.4 Å². The molecule has 1 amide bonds. The molecule has 0 spiro atoms. The van der Waals surface area contributed by atoms with Crippen molar-refractivity contribution >= 4 is 11.9 Å². The summed E-state index contributed by atoms with van der Waals surface area (Å²) in [7, 11) is 0. The highest BCUT2D eigenvalue weighted by atomic mass is 16.4. The van der Waals surface area contributed by atoms with Crippen LogP contribution in [0, 0.1) is 0 Å². The van der Waals surface area contributed by atoms with Gasteiger partial charge in [-0.15, -0.1) is 0 Å². The van der Waals surface area contributed by atoms with Crippen LogP contribution in [0.4, 0.5) is 0 Å². The largest absolute Gasteiger partial charge is 0.481 e. The molecule has 4 nitrogen and oxygen atoms in total. The van der Waals surface area contributed by atoms with Gasteiger partial charge in [0.25, 0.3) is 5.91 Å². The van der Waals surface area contributed by atoms with Crippen molar-refractivity contribution in [3.8, 4) is 0 Å². The number of carboxylic acids is 1. The van der Waals surface area contributed by atoms with Gasteiger partial charge in [0.15, 0.2) is 0 Å². The highest BCUT2D eigenvalue weighted by Gasteiger charge is 2.05. The number of carbonyl (C=O) groups excluding carboxylic acids is 1. The fourth-order valence-corrected chi connectivity index (χ4v) is 1.48. The molecule has 0 heterocycles. The lowest BCUT2D eigenvalue weighted by Gasteiger charge is -2.05. The Morgan fingerprint density at radius 2 is 2.12 bits per heavy atom. The smallest absolute Gasteiger partial charge is 0.303 e. The van der Waals surface area contributed by atoms with Crippen molar-refractivity contribution in [1.29, 1.82) is 0 Å². The maximum absolute atomic E-state index is 11.7. The summed E-state index contributed by atoms with van der Waals surface area (Å²) >= 11 is 0. The van der Waals surface area contributed by atoms with Gasteiger partial charge in [-0.05, 0) is 30.5 Å². The Morgan fingerprint density at radius 1 is 1.35 bits per heavy atom. The minimum absolute atomic E-state index is 0.0787. The number of rotatable bonds is 6. The fourth-order valence-electron chi connectivity index (χ4n) is 1.48. The van der Waals surface area contributed by atoms with Gasteiger partial charge in [-0.25, -0.2) is 0 Å². The Labute approximate surface area is 101 Å². The summed E-state index contributed by atoms with van der Waals surface area (Å²) in [6.45, 7) is 2.42. The number of hydrogen-bond donors (Lipinski definition) is 2. The molecule has 0 aliphatic carbocycles. The highest BCUT2D eigenvalue weighted by molar-refractivity contribution is 5.94. The van der Waals surface area contributed by atoms with E-state index in [-0.39, 0.29) is 12.3 Å². The Kier molecular flexibility index (Phi) is 5.20. The van der Waals surface area contributed by atoms with Crippen LogP contribution in [0.3, 0.4) is 0 Å². The van der Waals surface area contributed by atoms with Crippen molar-refractivity contribution in [2.24, 2.45) is 0 Å². The molecule has 92 valence electrons. The normalized spacial score (nSPS) is 9.94. The molecular weight excluding hydrogens is 218 g/mol. The first kappa shape index (κ1) is 13.2. The second-order valence-corrected chi connectivity index (χ2v) is 3.81. The van der Waals surface area contributed by atoms with Crippen LogP contribution < -0.4 is 5.32 Å². The maximum Gasteiger partial charge on any atom is 0.303 e. The Bertz CT molecular complexity index is 401. The van der Waals surface area contributed by atoms with E-state index in [9.17, 15) is 9.59 Å². The van der Waals surface area contributed by atoms with Gasteiger partial charge in [0.1, 0.15) is 0 Å². The van der Waals surface area contributed by atoms with Crippen LogP contribution in [-0.2, 0) is 11.2 Å². The number of nitrogens with one attached hydrogen (secondary N) is 1. The van der Waals surface area contributed by atoms with Crippen molar-refractivity contribution in [3.05, 3.63) is 35.4 Å². The molecule has 4 heteroatoms. The Morgan fingerprint density at radius 3 is 2.76 bits per heavy atom. The van der Waals surface area contributed by atoms with Gasteiger partial charge in [-0.1, -0.05) is 19.1 Å². The molecule has 0 saturated heterocycles. The van der Waals surface area contributed by atoms with Crippen molar-refractivity contribution < 1.29 is 14.7 Å². The monoisotopic (exact) mass is 235 g/mol. The first-order valence-electron chi connectivity index (χ1n) is 5.72. The third-order valence-electron chi connectivity index (χ3n) is 2.45. The second kappa shape index (κ2) is 6.68. The maximum atomic E-state index is 11.7. The Hall–Kier alpha value is -1.84. The number of benzene rings is 1. The highest BCUT2D eigenvalue weighted by Crippen LogP contribution is 2.05. The number of carbonyl (C=O) groups is 2. The second-order valence-electron chi connectivity index (χ2n) is 3.81. The van der Waals surface area contributed by atoms with E-state index >= 15 is 0 Å². The average Bonchev–Trinajstić information content (AvgIpc) is 2.34. The molecule has 0 aromatic heterocycles. The fraction of sp³-hybridized carbons (Fsp3) is 0.385. The molecule has 0 atom stereocenters. The predicted octanol–water partition coefficient (Wildman–Crippen LogP) is 1.84. The molecule has 17 heavy (non-hydrogen) atoms. The number of carboxylic acid groups (broad SMARTS) is 1. The van der Waals surface area contributed by atoms with Gasteiger partial charge < -0.3 is 10.4 Å². The van der Waals surface area contributed by atoms with Gasteiger partial charge in [-0.3, -0.25) is 9.59 Å². The number of amides is 1. The van der Waals surface area contributed by atoms with E-state index in [2.05, 4.69) is 5.32 Å². The minimum Gasteiger partial charge on any atom is -0.481 e. The molecule has 0 radical (unpaired) electrons. The lowest BCUT2D eigenvalue weighted by molar-refractivity contribution is -0.137. The first-order valence-corrected chi connectivity index (χ1v) is 5.72. The number of hydrogen-bond acceptors (Lipinski definition) is 2. The molecule has 0 bridgehead atoms. The molecule has 0 fully saturated rings. The van der Waals surface area contributed by atoms with Crippen LogP contribution in [0.2, 0.25) is 0 Å². The molecule has 1 aromatic rings. The van der Waals surface area contributed by atoms with Gasteiger partial charge in [0, 0.05) is 18.5 Å². The zero-order valence-corrected chi connectivity index (χ0v) is 9.90. The summed E-state index contributed by atoms with van der Waals surface area (Å²) in [4.78, 5) is 22.0. The van der Waals surface area contributed by atoms with Gasteiger partial charge >= 0.3 is 5.97 Å². The van der Waals surface area contributed by atoms with Crippen LogP contribution in [-0.4, -0.2) is 23.5 Å². The summed E-state index contributed by atoms with van der Waals surface area (Å²) < 4.78 is 0. The summed E-state index contributed by atoms with van der Waals surface area (Å²) in [5, 5.41) is 11.2. The van der Waals surface area contributed by atoms with Crippen molar-refractivity contribution in [2.45, 2.75) is 26.2 Å². The lowest BCUT2D eigenvalue weighted by atomic mass is 10.1. The third-order valence-corrected chi connectivity index (χ3v) is 2.45. The van der Waals surface area contributed by atoms with E-state index < -0.39 is 5.97 Å². The molecule has 1 aromatic carbocycles. The summed E-state index contributed by atoms with van der Waals surface area (Å²) in [6.07, 6.45) is 1.42. The van der Waals surface area contributed by atoms with Crippen LogP contribution in [0.5, 0.6) is 0 Å². The molecule has 0 aliphatic rings. The van der Waals surface area contributed by atoms with Crippen molar-refractivity contribution in [2.75, 3.05) is 6.54 Å². The van der Waals surface area contributed by atoms with Crippen LogP contribution in [0.1, 0.15) is 35.7 Å². The predicted molar refractivity (Wildman–Crippen MR) is 65.0 cm³/mol. The SMILES string of the molecule is CCc1cccc(C(=O)NCCCC(=O)O)c1. The lowest BCUT2D eigenvalue weighted by Crippen LogP contribution is -2.24. The summed E-state index contributed by atoms with van der Waals surface area (Å²) in [6, 6.07) is 7.43. The first-order chi connectivity index (χ1) is 8.13. The van der Waals surface area contributed by atoms with E-state index in [4.69, 9.17) is 5.11 Å². The van der Waals surface area contributed by atoms with Gasteiger partial charge in [-0.2, -0.15) is 0 Å². The molecule has 0 saturated carbocycles. The number of aliphatic carboxylic acids is 1. The molecule has 0 aliphatic heterocycles. The molecule has 2 N–H and O–H groups in total.